The number of ether oxygens (including phenoxy) is 2. The highest BCUT2D eigenvalue weighted by Crippen LogP contribution is 2.18. The van der Waals surface area contributed by atoms with E-state index in [4.69, 9.17) is 16.2 Å². The summed E-state index contributed by atoms with van der Waals surface area (Å²) in [6, 6.07) is 11.2. The predicted octanol–water partition coefficient (Wildman–Crippen LogP) is 8.23. The first-order valence-electron chi connectivity index (χ1n) is 15.5. The summed E-state index contributed by atoms with van der Waals surface area (Å²) in [7, 11) is 0. The molecule has 0 atom stereocenters. The van der Waals surface area contributed by atoms with Crippen LogP contribution in [0, 0.1) is 6.92 Å². The van der Waals surface area contributed by atoms with Crippen LogP contribution in [0.3, 0.4) is 0 Å². The van der Waals surface area contributed by atoms with Crippen molar-refractivity contribution in [3.63, 3.8) is 0 Å². The van der Waals surface area contributed by atoms with Gasteiger partial charge in [0.15, 0.2) is 0 Å². The highest BCUT2D eigenvalue weighted by atomic mass is 16.5. The van der Waals surface area contributed by atoms with Crippen LogP contribution in [0.25, 0.3) is 12.2 Å². The van der Waals surface area contributed by atoms with Crippen LogP contribution >= 0.6 is 0 Å². The van der Waals surface area contributed by atoms with E-state index in [-0.39, 0.29) is 5.97 Å². The van der Waals surface area contributed by atoms with Crippen molar-refractivity contribution in [2.24, 2.45) is 0 Å². The van der Waals surface area contributed by atoms with Crippen molar-refractivity contribution in [2.75, 3.05) is 24.7 Å². The number of nitrogen functional groups attached to an aromatic ring is 2. The molecule has 3 heterocycles. The molecule has 0 aromatic carbocycles. The van der Waals surface area contributed by atoms with E-state index in [1.165, 1.54) is 17.7 Å². The summed E-state index contributed by atoms with van der Waals surface area (Å²) in [6.07, 6.45) is 14.1. The van der Waals surface area contributed by atoms with Gasteiger partial charge in [-0.1, -0.05) is 72.4 Å². The maximum absolute atomic E-state index is 11.0. The second kappa shape index (κ2) is 31.4. The first kappa shape index (κ1) is 45.4. The minimum absolute atomic E-state index is 0.359. The van der Waals surface area contributed by atoms with Crippen LogP contribution in [0.4, 0.5) is 11.4 Å². The van der Waals surface area contributed by atoms with Crippen molar-refractivity contribution in [2.45, 2.75) is 68.7 Å². The summed E-state index contributed by atoms with van der Waals surface area (Å²) < 4.78 is 9.14. The normalized spacial score (nSPS) is 9.80. The number of pyridine rings is 3. The number of hydrogen-bond donors (Lipinski definition) is 2. The Morgan fingerprint density at radius 2 is 1.33 bits per heavy atom. The molecule has 9 nitrogen and oxygen atoms in total. The van der Waals surface area contributed by atoms with Crippen molar-refractivity contribution < 1.29 is 19.1 Å². The number of aryl methyl sites for hydroxylation is 1. The van der Waals surface area contributed by atoms with Gasteiger partial charge in [0, 0.05) is 30.7 Å². The number of anilines is 2. The molecule has 0 radical (unpaired) electrons. The minimum atomic E-state index is -0.391. The maximum Gasteiger partial charge on any atom is 0.330 e. The zero-order valence-corrected chi connectivity index (χ0v) is 29.2. The summed E-state index contributed by atoms with van der Waals surface area (Å²) in [6.45, 7) is 25.3. The van der Waals surface area contributed by atoms with E-state index in [0.29, 0.717) is 24.6 Å². The molecular weight excluding hydrogens is 578 g/mol. The Morgan fingerprint density at radius 3 is 1.80 bits per heavy atom. The lowest BCUT2D eigenvalue weighted by Crippen LogP contribution is -1.99. The molecule has 3 aromatic rings. The fraction of sp³-hybridized carbons (Fsp3) is 0.324. The number of carbonyl (C=O) groups excluding carboxylic acids is 2. The molecule has 0 saturated carbocycles. The molecule has 0 fully saturated rings. The molecule has 46 heavy (non-hydrogen) atoms. The Balaban J connectivity index is -0.000000522. The lowest BCUT2D eigenvalue weighted by Gasteiger charge is -2.09. The van der Waals surface area contributed by atoms with Gasteiger partial charge in [0.2, 0.25) is 0 Å². The first-order valence-corrected chi connectivity index (χ1v) is 15.5. The smallest absolute Gasteiger partial charge is 0.330 e. The average Bonchev–Trinajstić information content (AvgIpc) is 3.09. The summed E-state index contributed by atoms with van der Waals surface area (Å²) in [4.78, 5) is 33.2. The van der Waals surface area contributed by atoms with Gasteiger partial charge < -0.3 is 20.9 Å². The lowest BCUT2D eigenvalue weighted by molar-refractivity contribution is -0.138. The number of rotatable bonds is 5. The Labute approximate surface area is 277 Å². The zero-order chi connectivity index (χ0) is 35.8. The Morgan fingerprint density at radius 1 is 0.804 bits per heavy atom. The monoisotopic (exact) mass is 633 g/mol. The van der Waals surface area contributed by atoms with Gasteiger partial charge in [-0.3, -0.25) is 15.0 Å². The van der Waals surface area contributed by atoms with E-state index in [9.17, 15) is 9.59 Å². The molecule has 252 valence electrons. The number of allylic oxidation sites excluding steroid dienone is 2. The molecule has 0 amide bonds. The highest BCUT2D eigenvalue weighted by molar-refractivity contribution is 5.87. The highest BCUT2D eigenvalue weighted by Gasteiger charge is 2.05. The summed E-state index contributed by atoms with van der Waals surface area (Å²) in [5.41, 5.74) is 17.3. The summed E-state index contributed by atoms with van der Waals surface area (Å²) in [5, 5.41) is 0. The van der Waals surface area contributed by atoms with Gasteiger partial charge in [0.25, 0.3) is 0 Å². The van der Waals surface area contributed by atoms with E-state index in [1.807, 2.05) is 85.0 Å². The van der Waals surface area contributed by atoms with E-state index in [2.05, 4.69) is 38.9 Å². The van der Waals surface area contributed by atoms with Crippen LogP contribution in [0.1, 0.15) is 78.0 Å². The Hall–Kier alpha value is -5.05. The van der Waals surface area contributed by atoms with E-state index < -0.39 is 5.97 Å². The van der Waals surface area contributed by atoms with Gasteiger partial charge in [0.1, 0.15) is 0 Å². The molecule has 0 aliphatic heterocycles. The van der Waals surface area contributed by atoms with Crippen molar-refractivity contribution in [1.29, 1.82) is 0 Å². The molecule has 9 heteroatoms. The van der Waals surface area contributed by atoms with Gasteiger partial charge in [-0.15, -0.1) is 0 Å². The van der Waals surface area contributed by atoms with Gasteiger partial charge in [0.05, 0.1) is 41.7 Å². The molecule has 0 bridgehead atoms. The molecule has 1 aliphatic carbocycles. The maximum atomic E-state index is 11.0. The SMILES string of the molecule is C=C1C=Cc2ncccc2C1.C=CC(=O)OCC.CC.CC.CC.CCOC(=O)/C=C/c1ncccc1N.Cc1ncccc1N. The van der Waals surface area contributed by atoms with Crippen LogP contribution in [0.5, 0.6) is 0 Å². The number of esters is 2. The quantitative estimate of drug-likeness (QED) is 0.210. The molecule has 0 spiro atoms. The van der Waals surface area contributed by atoms with Crippen LogP contribution < -0.4 is 11.5 Å². The van der Waals surface area contributed by atoms with Crippen LogP contribution in [0.2, 0.25) is 0 Å². The largest absolute Gasteiger partial charge is 0.463 e. The van der Waals surface area contributed by atoms with Crippen LogP contribution in [-0.2, 0) is 25.5 Å². The number of carbonyl (C=O) groups is 2. The van der Waals surface area contributed by atoms with E-state index in [0.717, 1.165) is 35.1 Å². The molecule has 0 saturated heterocycles. The van der Waals surface area contributed by atoms with Gasteiger partial charge in [-0.05, 0) is 75.2 Å². The Kier molecular flexibility index (Phi) is 31.0. The van der Waals surface area contributed by atoms with Crippen molar-refractivity contribution in [3.05, 3.63) is 115 Å². The topological polar surface area (TPSA) is 143 Å². The van der Waals surface area contributed by atoms with Crippen molar-refractivity contribution in [1.82, 2.24) is 15.0 Å². The van der Waals surface area contributed by atoms with Crippen LogP contribution in [0.15, 0.2) is 91.9 Å². The number of hydrogen-bond acceptors (Lipinski definition) is 9. The third-order valence-electron chi connectivity index (χ3n) is 4.86. The first-order chi connectivity index (χ1) is 22.2. The van der Waals surface area contributed by atoms with Crippen molar-refractivity contribution >= 4 is 35.5 Å². The van der Waals surface area contributed by atoms with Crippen molar-refractivity contribution in [3.8, 4) is 0 Å². The second-order valence-electron chi connectivity index (χ2n) is 7.91. The molecule has 0 unspecified atom stereocenters. The van der Waals surface area contributed by atoms with Gasteiger partial charge in [-0.25, -0.2) is 9.59 Å². The Bertz CT molecular complexity index is 1300. The summed E-state index contributed by atoms with van der Waals surface area (Å²) in [5.74, 6) is -0.750. The standard InChI is InChI=1S/C10H12N2O2.C10H9N.C6H8N2.C5H8O2.3C2H6/c1-2-14-10(13)6-5-9-8(11)4-3-7-12-9;1-8-4-5-10-9(7-8)3-2-6-11-10;1-5-6(7)3-2-4-8-5;1-3-5(6)7-4-2;3*1-2/h3-7H,2,11H2,1H3;2-6H,1,7H2;2-4H,7H2,1H3;3H,1,4H2,2H3;3*1-2H3/b6-5+;;;;;;. The van der Waals surface area contributed by atoms with Gasteiger partial charge in [-0.2, -0.15) is 0 Å². The number of nitrogens with zero attached hydrogens (tertiary/aromatic N) is 3. The molecule has 4 rings (SSSR count). The van der Waals surface area contributed by atoms with E-state index in [1.54, 1.807) is 38.4 Å². The zero-order valence-electron chi connectivity index (χ0n) is 29.2. The molecule has 3 aromatic heterocycles. The van der Waals surface area contributed by atoms with Gasteiger partial charge >= 0.3 is 11.9 Å². The average molecular weight is 634 g/mol. The third-order valence-corrected chi connectivity index (χ3v) is 4.86. The fourth-order valence-corrected chi connectivity index (χ4v) is 2.86. The number of fused-ring (bicyclic) bond motifs is 1. The fourth-order valence-electron chi connectivity index (χ4n) is 2.86. The molecular formula is C37H55N5O4. The lowest BCUT2D eigenvalue weighted by atomic mass is 9.99. The second-order valence-corrected chi connectivity index (χ2v) is 7.91. The molecule has 4 N–H and O–H groups in total. The summed E-state index contributed by atoms with van der Waals surface area (Å²) >= 11 is 0. The number of nitrogens with two attached hydrogens (primary N) is 2. The van der Waals surface area contributed by atoms with Crippen LogP contribution in [-0.4, -0.2) is 40.1 Å². The minimum Gasteiger partial charge on any atom is -0.463 e. The van der Waals surface area contributed by atoms with E-state index >= 15 is 0 Å². The third kappa shape index (κ3) is 22.5. The predicted molar refractivity (Wildman–Crippen MR) is 195 cm³/mol. The molecule has 1 aliphatic rings. The number of aromatic nitrogens is 3.